The van der Waals surface area contributed by atoms with Crippen molar-refractivity contribution in [3.63, 3.8) is 0 Å². The number of hydrogen-bond donors (Lipinski definition) is 1. The zero-order valence-electron chi connectivity index (χ0n) is 8.49. The highest BCUT2D eigenvalue weighted by Gasteiger charge is 2.12. The fourth-order valence-corrected chi connectivity index (χ4v) is 1.73. The lowest BCUT2D eigenvalue weighted by Gasteiger charge is -2.24. The number of anilines is 1. The molecule has 1 N–H and O–H groups in total. The van der Waals surface area contributed by atoms with Crippen LogP contribution in [0.25, 0.3) is 0 Å². The van der Waals surface area contributed by atoms with Gasteiger partial charge in [0.15, 0.2) is 0 Å². The summed E-state index contributed by atoms with van der Waals surface area (Å²) in [6.07, 6.45) is 4.18. The minimum absolute atomic E-state index is 0.463. The Hall–Kier alpha value is -1.09. The summed E-state index contributed by atoms with van der Waals surface area (Å²) in [6.45, 7) is 3.73. The molecule has 1 atom stereocenters. The third kappa shape index (κ3) is 2.45. The first-order valence-electron chi connectivity index (χ1n) is 5.11. The van der Waals surface area contributed by atoms with Gasteiger partial charge in [0.25, 0.3) is 0 Å². The average molecular weight is 192 g/mol. The number of nitrogens with zero attached hydrogens (tertiary/aromatic N) is 1. The van der Waals surface area contributed by atoms with Gasteiger partial charge < -0.3 is 10.1 Å². The zero-order chi connectivity index (χ0) is 9.80. The number of rotatable bonds is 2. The third-order valence-corrected chi connectivity index (χ3v) is 2.43. The van der Waals surface area contributed by atoms with E-state index >= 15 is 0 Å². The molecular weight excluding hydrogens is 176 g/mol. The van der Waals surface area contributed by atoms with Crippen LogP contribution in [0, 0.1) is 6.92 Å². The average Bonchev–Trinajstić information content (AvgIpc) is 2.19. The summed E-state index contributed by atoms with van der Waals surface area (Å²) in [4.78, 5) is 4.16. The Labute approximate surface area is 84.5 Å². The Balaban J connectivity index is 1.95. The molecule has 1 aliphatic heterocycles. The Kier molecular flexibility index (Phi) is 2.99. The molecule has 1 fully saturated rings. The van der Waals surface area contributed by atoms with Gasteiger partial charge in [0.1, 0.15) is 0 Å². The maximum atomic E-state index is 5.41. The van der Waals surface area contributed by atoms with E-state index in [4.69, 9.17) is 4.74 Å². The van der Waals surface area contributed by atoms with Crippen LogP contribution in [0.15, 0.2) is 18.3 Å². The molecule has 0 spiro atoms. The van der Waals surface area contributed by atoms with Crippen LogP contribution in [0.2, 0.25) is 0 Å². The Morgan fingerprint density at radius 3 is 3.21 bits per heavy atom. The summed E-state index contributed by atoms with van der Waals surface area (Å²) in [6, 6.07) is 4.53. The SMILES string of the molecule is Cc1cc(NC2CCCOC2)ccn1. The van der Waals surface area contributed by atoms with Gasteiger partial charge in [0, 0.05) is 30.2 Å². The minimum atomic E-state index is 0.463. The molecule has 0 aromatic carbocycles. The lowest BCUT2D eigenvalue weighted by Crippen LogP contribution is -2.29. The molecule has 76 valence electrons. The van der Waals surface area contributed by atoms with Gasteiger partial charge in [-0.15, -0.1) is 0 Å². The van der Waals surface area contributed by atoms with E-state index in [2.05, 4.69) is 16.4 Å². The molecule has 1 unspecified atom stereocenters. The molecule has 1 saturated heterocycles. The zero-order valence-corrected chi connectivity index (χ0v) is 8.49. The van der Waals surface area contributed by atoms with E-state index < -0.39 is 0 Å². The predicted molar refractivity (Wildman–Crippen MR) is 56.4 cm³/mol. The monoisotopic (exact) mass is 192 g/mol. The van der Waals surface area contributed by atoms with Crippen molar-refractivity contribution in [1.82, 2.24) is 4.98 Å². The summed E-state index contributed by atoms with van der Waals surface area (Å²) in [5, 5.41) is 3.46. The van der Waals surface area contributed by atoms with Crippen LogP contribution in [-0.4, -0.2) is 24.2 Å². The maximum Gasteiger partial charge on any atom is 0.0667 e. The maximum absolute atomic E-state index is 5.41. The molecular formula is C11H16N2O. The molecule has 14 heavy (non-hydrogen) atoms. The number of aromatic nitrogens is 1. The van der Waals surface area contributed by atoms with Crippen LogP contribution in [0.5, 0.6) is 0 Å². The van der Waals surface area contributed by atoms with E-state index in [9.17, 15) is 0 Å². The van der Waals surface area contributed by atoms with Crippen molar-refractivity contribution in [3.8, 4) is 0 Å². The van der Waals surface area contributed by atoms with Gasteiger partial charge >= 0.3 is 0 Å². The van der Waals surface area contributed by atoms with E-state index in [0.29, 0.717) is 6.04 Å². The van der Waals surface area contributed by atoms with Crippen molar-refractivity contribution >= 4 is 5.69 Å². The first kappa shape index (κ1) is 9.46. The van der Waals surface area contributed by atoms with Gasteiger partial charge in [-0.3, -0.25) is 4.98 Å². The topological polar surface area (TPSA) is 34.1 Å². The van der Waals surface area contributed by atoms with Crippen molar-refractivity contribution in [2.24, 2.45) is 0 Å². The molecule has 0 saturated carbocycles. The standard InChI is InChI=1S/C11H16N2O/c1-9-7-10(4-5-12-9)13-11-3-2-6-14-8-11/h4-5,7,11H,2-3,6,8H2,1H3,(H,12,13). The van der Waals surface area contributed by atoms with Crippen molar-refractivity contribution < 1.29 is 4.74 Å². The first-order chi connectivity index (χ1) is 6.84. The highest BCUT2D eigenvalue weighted by atomic mass is 16.5. The van der Waals surface area contributed by atoms with Crippen LogP contribution in [0.3, 0.4) is 0 Å². The third-order valence-electron chi connectivity index (χ3n) is 2.43. The Bertz CT molecular complexity index is 295. The molecule has 2 heterocycles. The molecule has 0 radical (unpaired) electrons. The van der Waals surface area contributed by atoms with Crippen LogP contribution in [0.1, 0.15) is 18.5 Å². The van der Waals surface area contributed by atoms with Gasteiger partial charge in [0.2, 0.25) is 0 Å². The van der Waals surface area contributed by atoms with Gasteiger partial charge in [-0.1, -0.05) is 0 Å². The van der Waals surface area contributed by atoms with Crippen LogP contribution in [-0.2, 0) is 4.74 Å². The van der Waals surface area contributed by atoms with Crippen molar-refractivity contribution in [3.05, 3.63) is 24.0 Å². The van der Waals surface area contributed by atoms with Gasteiger partial charge in [0.05, 0.1) is 6.61 Å². The second-order valence-electron chi connectivity index (χ2n) is 3.74. The van der Waals surface area contributed by atoms with Crippen LogP contribution in [0.4, 0.5) is 5.69 Å². The lowest BCUT2D eigenvalue weighted by atomic mass is 10.1. The van der Waals surface area contributed by atoms with Crippen molar-refractivity contribution in [2.45, 2.75) is 25.8 Å². The van der Waals surface area contributed by atoms with Gasteiger partial charge in [-0.25, -0.2) is 0 Å². The predicted octanol–water partition coefficient (Wildman–Crippen LogP) is 1.98. The highest BCUT2D eigenvalue weighted by Crippen LogP contribution is 2.14. The quantitative estimate of drug-likeness (QED) is 0.778. The molecule has 1 aromatic heterocycles. The number of nitrogens with one attached hydrogen (secondary N) is 1. The molecule has 3 nitrogen and oxygen atoms in total. The lowest BCUT2D eigenvalue weighted by molar-refractivity contribution is 0.0876. The summed E-state index contributed by atoms with van der Waals surface area (Å²) < 4.78 is 5.41. The van der Waals surface area contributed by atoms with E-state index in [0.717, 1.165) is 31.0 Å². The normalized spacial score (nSPS) is 21.9. The largest absolute Gasteiger partial charge is 0.380 e. The molecule has 1 aromatic rings. The summed E-state index contributed by atoms with van der Waals surface area (Å²) in [5.74, 6) is 0. The smallest absolute Gasteiger partial charge is 0.0667 e. The summed E-state index contributed by atoms with van der Waals surface area (Å²) >= 11 is 0. The number of pyridine rings is 1. The Morgan fingerprint density at radius 2 is 2.50 bits per heavy atom. The molecule has 0 aliphatic carbocycles. The van der Waals surface area contributed by atoms with Crippen molar-refractivity contribution in [1.29, 1.82) is 0 Å². The van der Waals surface area contributed by atoms with Crippen LogP contribution >= 0.6 is 0 Å². The van der Waals surface area contributed by atoms with E-state index in [1.807, 2.05) is 19.2 Å². The van der Waals surface area contributed by atoms with E-state index in [1.165, 1.54) is 6.42 Å². The second kappa shape index (κ2) is 4.42. The fourth-order valence-electron chi connectivity index (χ4n) is 1.73. The van der Waals surface area contributed by atoms with Gasteiger partial charge in [-0.05, 0) is 31.9 Å². The van der Waals surface area contributed by atoms with E-state index in [-0.39, 0.29) is 0 Å². The summed E-state index contributed by atoms with van der Waals surface area (Å²) in [7, 11) is 0. The first-order valence-corrected chi connectivity index (χ1v) is 5.11. The molecule has 1 aliphatic rings. The molecule has 3 heteroatoms. The number of hydrogen-bond acceptors (Lipinski definition) is 3. The van der Waals surface area contributed by atoms with Crippen molar-refractivity contribution in [2.75, 3.05) is 18.5 Å². The van der Waals surface area contributed by atoms with E-state index in [1.54, 1.807) is 0 Å². The minimum Gasteiger partial charge on any atom is -0.380 e. The summed E-state index contributed by atoms with van der Waals surface area (Å²) in [5.41, 5.74) is 2.19. The number of ether oxygens (including phenoxy) is 1. The molecule has 0 amide bonds. The molecule has 2 rings (SSSR count). The highest BCUT2D eigenvalue weighted by molar-refractivity contribution is 5.43. The number of aryl methyl sites for hydroxylation is 1. The molecule has 0 bridgehead atoms. The second-order valence-corrected chi connectivity index (χ2v) is 3.74. The van der Waals surface area contributed by atoms with Crippen LogP contribution < -0.4 is 5.32 Å². The Morgan fingerprint density at radius 1 is 1.57 bits per heavy atom. The fraction of sp³-hybridized carbons (Fsp3) is 0.545. The van der Waals surface area contributed by atoms with Gasteiger partial charge in [-0.2, -0.15) is 0 Å².